The fourth-order valence-corrected chi connectivity index (χ4v) is 2.98. The van der Waals surface area contributed by atoms with Gasteiger partial charge >= 0.3 is 0 Å². The number of rotatable bonds is 7. The normalized spacial score (nSPS) is 12.6. The van der Waals surface area contributed by atoms with E-state index in [-0.39, 0.29) is 6.04 Å². The van der Waals surface area contributed by atoms with Crippen molar-refractivity contribution in [3.63, 3.8) is 0 Å². The minimum Gasteiger partial charge on any atom is -0.313 e. The highest BCUT2D eigenvalue weighted by atomic mass is 32.1. The van der Waals surface area contributed by atoms with Crippen LogP contribution in [0, 0.1) is 11.6 Å². The highest BCUT2D eigenvalue weighted by Crippen LogP contribution is 2.16. The molecular weight excluding hydrogens is 276 g/mol. The SMILES string of the molecule is CCCNC(Cc1cccs1)Cc1ccc(F)cc1F. The molecule has 0 aliphatic carbocycles. The third-order valence-electron chi connectivity index (χ3n) is 3.19. The van der Waals surface area contributed by atoms with Gasteiger partial charge in [0.1, 0.15) is 11.6 Å². The van der Waals surface area contributed by atoms with E-state index >= 15 is 0 Å². The molecule has 0 saturated heterocycles. The fraction of sp³-hybridized carbons (Fsp3) is 0.375. The van der Waals surface area contributed by atoms with E-state index in [0.29, 0.717) is 12.0 Å². The lowest BCUT2D eigenvalue weighted by Crippen LogP contribution is -2.33. The molecule has 1 aromatic heterocycles. The van der Waals surface area contributed by atoms with Crippen molar-refractivity contribution in [2.24, 2.45) is 0 Å². The van der Waals surface area contributed by atoms with E-state index in [1.54, 1.807) is 17.4 Å². The summed E-state index contributed by atoms with van der Waals surface area (Å²) in [6.07, 6.45) is 2.48. The van der Waals surface area contributed by atoms with Crippen LogP contribution in [0.15, 0.2) is 35.7 Å². The van der Waals surface area contributed by atoms with Gasteiger partial charge in [-0.15, -0.1) is 11.3 Å². The van der Waals surface area contributed by atoms with Crippen LogP contribution in [0.1, 0.15) is 23.8 Å². The first kappa shape index (κ1) is 15.1. The standard InChI is InChI=1S/C16H19F2NS/c1-2-7-19-14(11-15-4-3-8-20-15)9-12-5-6-13(17)10-16(12)18/h3-6,8,10,14,19H,2,7,9,11H2,1H3. The molecule has 1 heterocycles. The maximum atomic E-state index is 13.7. The number of benzene rings is 1. The van der Waals surface area contributed by atoms with Crippen LogP contribution in [0.4, 0.5) is 8.78 Å². The van der Waals surface area contributed by atoms with E-state index in [0.717, 1.165) is 25.5 Å². The van der Waals surface area contributed by atoms with E-state index in [9.17, 15) is 8.78 Å². The second kappa shape index (κ2) is 7.50. The first-order valence-corrected chi connectivity index (χ1v) is 7.76. The van der Waals surface area contributed by atoms with Gasteiger partial charge < -0.3 is 5.32 Å². The smallest absolute Gasteiger partial charge is 0.129 e. The van der Waals surface area contributed by atoms with Crippen molar-refractivity contribution >= 4 is 11.3 Å². The molecule has 1 aromatic carbocycles. The van der Waals surface area contributed by atoms with E-state index < -0.39 is 11.6 Å². The summed E-state index contributed by atoms with van der Waals surface area (Å²) >= 11 is 1.71. The first-order chi connectivity index (χ1) is 9.69. The Morgan fingerprint density at radius 2 is 2.05 bits per heavy atom. The Balaban J connectivity index is 2.06. The van der Waals surface area contributed by atoms with E-state index in [1.807, 2.05) is 11.4 Å². The van der Waals surface area contributed by atoms with Crippen LogP contribution in [0.25, 0.3) is 0 Å². The Labute approximate surface area is 122 Å². The van der Waals surface area contributed by atoms with Gasteiger partial charge in [0.05, 0.1) is 0 Å². The van der Waals surface area contributed by atoms with Gasteiger partial charge in [0, 0.05) is 17.0 Å². The maximum Gasteiger partial charge on any atom is 0.129 e. The average Bonchev–Trinajstić information content (AvgIpc) is 2.92. The number of thiophene rings is 1. The summed E-state index contributed by atoms with van der Waals surface area (Å²) in [7, 11) is 0. The summed E-state index contributed by atoms with van der Waals surface area (Å²) in [6, 6.07) is 8.10. The maximum absolute atomic E-state index is 13.7. The van der Waals surface area contributed by atoms with Gasteiger partial charge in [0.15, 0.2) is 0 Å². The molecule has 0 saturated carbocycles. The lowest BCUT2D eigenvalue weighted by atomic mass is 10.0. The van der Waals surface area contributed by atoms with E-state index in [1.165, 1.54) is 10.9 Å². The Morgan fingerprint density at radius 1 is 1.20 bits per heavy atom. The summed E-state index contributed by atoms with van der Waals surface area (Å²) < 4.78 is 26.7. The molecule has 0 amide bonds. The number of nitrogens with one attached hydrogen (secondary N) is 1. The molecule has 1 atom stereocenters. The zero-order valence-electron chi connectivity index (χ0n) is 11.5. The molecule has 108 valence electrons. The zero-order valence-corrected chi connectivity index (χ0v) is 12.4. The fourth-order valence-electron chi connectivity index (χ4n) is 2.19. The molecule has 4 heteroatoms. The van der Waals surface area contributed by atoms with Crippen LogP contribution in [0.5, 0.6) is 0 Å². The van der Waals surface area contributed by atoms with Gasteiger partial charge in [0.25, 0.3) is 0 Å². The molecule has 0 spiro atoms. The average molecular weight is 295 g/mol. The van der Waals surface area contributed by atoms with Crippen LogP contribution in [0.2, 0.25) is 0 Å². The minimum absolute atomic E-state index is 0.175. The lowest BCUT2D eigenvalue weighted by molar-refractivity contribution is 0.491. The number of hydrogen-bond donors (Lipinski definition) is 1. The zero-order chi connectivity index (χ0) is 14.4. The Morgan fingerprint density at radius 3 is 2.70 bits per heavy atom. The Kier molecular flexibility index (Phi) is 5.68. The van der Waals surface area contributed by atoms with Crippen LogP contribution in [0.3, 0.4) is 0 Å². The molecule has 1 N–H and O–H groups in total. The summed E-state index contributed by atoms with van der Waals surface area (Å²) in [5.74, 6) is -0.984. The van der Waals surface area contributed by atoms with Crippen LogP contribution < -0.4 is 5.32 Å². The molecular formula is C16H19F2NS. The van der Waals surface area contributed by atoms with E-state index in [2.05, 4.69) is 18.3 Å². The van der Waals surface area contributed by atoms with Gasteiger partial charge in [-0.05, 0) is 48.9 Å². The van der Waals surface area contributed by atoms with Crippen LogP contribution >= 0.6 is 11.3 Å². The van der Waals surface area contributed by atoms with Crippen molar-refractivity contribution in [2.75, 3.05) is 6.54 Å². The van der Waals surface area contributed by atoms with Crippen molar-refractivity contribution in [3.8, 4) is 0 Å². The molecule has 20 heavy (non-hydrogen) atoms. The molecule has 0 radical (unpaired) electrons. The second-order valence-electron chi connectivity index (χ2n) is 4.87. The monoisotopic (exact) mass is 295 g/mol. The molecule has 2 rings (SSSR count). The summed E-state index contributed by atoms with van der Waals surface area (Å²) in [6.45, 7) is 3.01. The molecule has 1 nitrogen and oxygen atoms in total. The molecule has 0 aliphatic heterocycles. The first-order valence-electron chi connectivity index (χ1n) is 6.88. The number of hydrogen-bond acceptors (Lipinski definition) is 2. The molecule has 2 aromatic rings. The molecule has 0 fully saturated rings. The third kappa shape index (κ3) is 4.39. The van der Waals surface area contributed by atoms with Crippen molar-refractivity contribution in [3.05, 3.63) is 57.8 Å². The molecule has 0 bridgehead atoms. The Bertz CT molecular complexity index is 525. The topological polar surface area (TPSA) is 12.0 Å². The quantitative estimate of drug-likeness (QED) is 0.808. The van der Waals surface area contributed by atoms with Crippen LogP contribution in [-0.4, -0.2) is 12.6 Å². The van der Waals surface area contributed by atoms with E-state index in [4.69, 9.17) is 0 Å². The highest BCUT2D eigenvalue weighted by Gasteiger charge is 2.13. The second-order valence-corrected chi connectivity index (χ2v) is 5.91. The van der Waals surface area contributed by atoms with Crippen molar-refractivity contribution < 1.29 is 8.78 Å². The van der Waals surface area contributed by atoms with Gasteiger partial charge in [0.2, 0.25) is 0 Å². The minimum atomic E-state index is -0.525. The van der Waals surface area contributed by atoms with Gasteiger partial charge in [-0.1, -0.05) is 19.1 Å². The summed E-state index contributed by atoms with van der Waals surface area (Å²) in [4.78, 5) is 1.28. The predicted octanol–water partition coefficient (Wildman–Crippen LogP) is 4.18. The van der Waals surface area contributed by atoms with Crippen molar-refractivity contribution in [1.29, 1.82) is 0 Å². The highest BCUT2D eigenvalue weighted by molar-refractivity contribution is 7.09. The van der Waals surface area contributed by atoms with Crippen molar-refractivity contribution in [2.45, 2.75) is 32.2 Å². The van der Waals surface area contributed by atoms with Crippen molar-refractivity contribution in [1.82, 2.24) is 5.32 Å². The molecule has 1 unspecified atom stereocenters. The largest absolute Gasteiger partial charge is 0.313 e. The Hall–Kier alpha value is -1.26. The van der Waals surface area contributed by atoms with Gasteiger partial charge in [-0.25, -0.2) is 8.78 Å². The van der Waals surface area contributed by atoms with Gasteiger partial charge in [-0.2, -0.15) is 0 Å². The summed E-state index contributed by atoms with van der Waals surface area (Å²) in [5, 5.41) is 5.49. The third-order valence-corrected chi connectivity index (χ3v) is 4.09. The predicted molar refractivity (Wildman–Crippen MR) is 80.2 cm³/mol. The van der Waals surface area contributed by atoms with Gasteiger partial charge in [-0.3, -0.25) is 0 Å². The molecule has 0 aliphatic rings. The number of halogens is 2. The lowest BCUT2D eigenvalue weighted by Gasteiger charge is -2.18. The van der Waals surface area contributed by atoms with Crippen LogP contribution in [-0.2, 0) is 12.8 Å². The summed E-state index contributed by atoms with van der Waals surface area (Å²) in [5.41, 5.74) is 0.566.